The quantitative estimate of drug-likeness (QED) is 0.558. The number of anilines is 2. The molecule has 0 fully saturated rings. The molecule has 1 aromatic heterocycles. The molecule has 146 valence electrons. The SMILES string of the molecule is Cc1ccc(NCc2nnc(SCC(=O)Nc3cccc(Cl)c3C)n2C)cc1. The number of carbonyl (C=O) groups is 1. The van der Waals surface area contributed by atoms with Crippen LogP contribution in [0, 0.1) is 13.8 Å². The fraction of sp³-hybridized carbons (Fsp3) is 0.250. The van der Waals surface area contributed by atoms with Gasteiger partial charge in [-0.1, -0.05) is 47.1 Å². The van der Waals surface area contributed by atoms with Crippen LogP contribution in [0.4, 0.5) is 11.4 Å². The molecule has 3 rings (SSSR count). The smallest absolute Gasteiger partial charge is 0.234 e. The second kappa shape index (κ2) is 9.12. The summed E-state index contributed by atoms with van der Waals surface area (Å²) in [5, 5.41) is 15.9. The van der Waals surface area contributed by atoms with E-state index in [9.17, 15) is 4.79 Å². The van der Waals surface area contributed by atoms with Gasteiger partial charge in [-0.3, -0.25) is 4.79 Å². The average Bonchev–Trinajstić information content (AvgIpc) is 3.03. The third kappa shape index (κ3) is 5.05. The summed E-state index contributed by atoms with van der Waals surface area (Å²) in [6.45, 7) is 4.49. The summed E-state index contributed by atoms with van der Waals surface area (Å²) in [6.07, 6.45) is 0. The van der Waals surface area contributed by atoms with Crippen LogP contribution in [-0.4, -0.2) is 26.4 Å². The number of aromatic nitrogens is 3. The van der Waals surface area contributed by atoms with Crippen molar-refractivity contribution in [3.63, 3.8) is 0 Å². The monoisotopic (exact) mass is 415 g/mol. The molecule has 0 bridgehead atoms. The topological polar surface area (TPSA) is 71.8 Å². The van der Waals surface area contributed by atoms with Crippen LogP contribution in [0.5, 0.6) is 0 Å². The molecular formula is C20H22ClN5OS. The Labute approximate surface area is 173 Å². The maximum absolute atomic E-state index is 12.3. The highest BCUT2D eigenvalue weighted by Gasteiger charge is 2.12. The van der Waals surface area contributed by atoms with Gasteiger partial charge < -0.3 is 15.2 Å². The van der Waals surface area contributed by atoms with Gasteiger partial charge in [0.25, 0.3) is 0 Å². The lowest BCUT2D eigenvalue weighted by Crippen LogP contribution is -2.15. The molecule has 8 heteroatoms. The Hall–Kier alpha value is -2.51. The average molecular weight is 416 g/mol. The van der Waals surface area contributed by atoms with E-state index >= 15 is 0 Å². The van der Waals surface area contributed by atoms with Crippen LogP contribution in [0.1, 0.15) is 17.0 Å². The van der Waals surface area contributed by atoms with E-state index in [1.54, 1.807) is 6.07 Å². The van der Waals surface area contributed by atoms with Gasteiger partial charge in [0.15, 0.2) is 11.0 Å². The molecule has 0 aliphatic carbocycles. The number of hydrogen-bond acceptors (Lipinski definition) is 5. The molecule has 0 atom stereocenters. The third-order valence-corrected chi connectivity index (χ3v) is 5.73. The fourth-order valence-electron chi connectivity index (χ4n) is 2.54. The summed E-state index contributed by atoms with van der Waals surface area (Å²) >= 11 is 7.44. The maximum Gasteiger partial charge on any atom is 0.234 e. The van der Waals surface area contributed by atoms with Gasteiger partial charge in [0.1, 0.15) is 0 Å². The van der Waals surface area contributed by atoms with Gasteiger partial charge in [-0.25, -0.2) is 0 Å². The van der Waals surface area contributed by atoms with Crippen LogP contribution in [0.25, 0.3) is 0 Å². The maximum atomic E-state index is 12.3. The predicted molar refractivity (Wildman–Crippen MR) is 115 cm³/mol. The van der Waals surface area contributed by atoms with Crippen molar-refractivity contribution in [3.8, 4) is 0 Å². The molecule has 0 saturated heterocycles. The first-order valence-electron chi connectivity index (χ1n) is 8.80. The van der Waals surface area contributed by atoms with Crippen LogP contribution in [0.2, 0.25) is 5.02 Å². The Morgan fingerprint density at radius 2 is 1.89 bits per heavy atom. The number of thioether (sulfide) groups is 1. The Kier molecular flexibility index (Phi) is 6.59. The summed E-state index contributed by atoms with van der Waals surface area (Å²) in [5.74, 6) is 0.926. The zero-order valence-corrected chi connectivity index (χ0v) is 17.6. The van der Waals surface area contributed by atoms with E-state index < -0.39 is 0 Å². The van der Waals surface area contributed by atoms with E-state index in [4.69, 9.17) is 11.6 Å². The summed E-state index contributed by atoms with van der Waals surface area (Å²) in [7, 11) is 1.90. The number of carbonyl (C=O) groups excluding carboxylic acids is 1. The molecule has 2 aromatic carbocycles. The standard InChI is InChI=1S/C20H22ClN5OS/c1-13-7-9-15(10-8-13)22-11-18-24-25-20(26(18)3)28-12-19(27)23-17-6-4-5-16(21)14(17)2/h4-10,22H,11-12H2,1-3H3,(H,23,27). The van der Waals surface area contributed by atoms with Crippen LogP contribution >= 0.6 is 23.4 Å². The minimum atomic E-state index is -0.113. The number of amides is 1. The summed E-state index contributed by atoms with van der Waals surface area (Å²) < 4.78 is 1.89. The van der Waals surface area contributed by atoms with Crippen molar-refractivity contribution in [2.45, 2.75) is 25.5 Å². The number of hydrogen-bond donors (Lipinski definition) is 2. The molecule has 1 amide bonds. The van der Waals surface area contributed by atoms with Gasteiger partial charge in [-0.05, 0) is 43.7 Å². The van der Waals surface area contributed by atoms with Crippen LogP contribution in [-0.2, 0) is 18.4 Å². The summed E-state index contributed by atoms with van der Waals surface area (Å²) in [5.41, 5.74) is 3.82. The van der Waals surface area contributed by atoms with Gasteiger partial charge >= 0.3 is 0 Å². The molecule has 0 aliphatic rings. The van der Waals surface area contributed by atoms with Gasteiger partial charge in [0, 0.05) is 23.4 Å². The number of benzene rings is 2. The van der Waals surface area contributed by atoms with Crippen molar-refractivity contribution < 1.29 is 4.79 Å². The van der Waals surface area contributed by atoms with E-state index in [1.807, 2.05) is 42.8 Å². The largest absolute Gasteiger partial charge is 0.378 e. The van der Waals surface area contributed by atoms with Crippen LogP contribution < -0.4 is 10.6 Å². The Morgan fingerprint density at radius 1 is 1.14 bits per heavy atom. The lowest BCUT2D eigenvalue weighted by molar-refractivity contribution is -0.113. The zero-order chi connectivity index (χ0) is 20.1. The van der Waals surface area contributed by atoms with Crippen molar-refractivity contribution in [3.05, 3.63) is 64.4 Å². The van der Waals surface area contributed by atoms with Gasteiger partial charge in [0.2, 0.25) is 5.91 Å². The van der Waals surface area contributed by atoms with E-state index in [2.05, 4.69) is 39.9 Å². The first-order chi connectivity index (χ1) is 13.4. The molecule has 6 nitrogen and oxygen atoms in total. The number of rotatable bonds is 7. The molecular weight excluding hydrogens is 394 g/mol. The second-order valence-corrected chi connectivity index (χ2v) is 7.78. The molecule has 0 unspecified atom stereocenters. The predicted octanol–water partition coefficient (Wildman–Crippen LogP) is 4.43. The lowest BCUT2D eigenvalue weighted by Gasteiger charge is -2.09. The van der Waals surface area contributed by atoms with Gasteiger partial charge in [-0.15, -0.1) is 10.2 Å². The Morgan fingerprint density at radius 3 is 2.64 bits per heavy atom. The summed E-state index contributed by atoms with van der Waals surface area (Å²) in [6, 6.07) is 13.6. The molecule has 0 saturated carbocycles. The first kappa shape index (κ1) is 20.2. The van der Waals surface area contributed by atoms with Crippen molar-refractivity contribution in [2.24, 2.45) is 7.05 Å². The highest BCUT2D eigenvalue weighted by atomic mass is 35.5. The second-order valence-electron chi connectivity index (χ2n) is 6.43. The zero-order valence-electron chi connectivity index (χ0n) is 16.0. The number of nitrogens with zero attached hydrogens (tertiary/aromatic N) is 3. The van der Waals surface area contributed by atoms with Crippen LogP contribution in [0.15, 0.2) is 47.6 Å². The molecule has 28 heavy (non-hydrogen) atoms. The van der Waals surface area contributed by atoms with E-state index in [-0.39, 0.29) is 11.7 Å². The minimum absolute atomic E-state index is 0.113. The van der Waals surface area contributed by atoms with Gasteiger partial charge in [-0.2, -0.15) is 0 Å². The van der Waals surface area contributed by atoms with Gasteiger partial charge in [0.05, 0.1) is 12.3 Å². The van der Waals surface area contributed by atoms with Crippen molar-refractivity contribution in [1.82, 2.24) is 14.8 Å². The number of aryl methyl sites for hydroxylation is 1. The molecule has 3 aromatic rings. The van der Waals surface area contributed by atoms with E-state index in [0.29, 0.717) is 16.7 Å². The van der Waals surface area contributed by atoms with E-state index in [0.717, 1.165) is 22.8 Å². The highest BCUT2D eigenvalue weighted by molar-refractivity contribution is 7.99. The van der Waals surface area contributed by atoms with Crippen molar-refractivity contribution in [2.75, 3.05) is 16.4 Å². The normalized spacial score (nSPS) is 10.7. The van der Waals surface area contributed by atoms with Crippen molar-refractivity contribution >= 4 is 40.6 Å². The minimum Gasteiger partial charge on any atom is -0.378 e. The number of nitrogens with one attached hydrogen (secondary N) is 2. The molecule has 2 N–H and O–H groups in total. The molecule has 0 aliphatic heterocycles. The Balaban J connectivity index is 1.54. The molecule has 1 heterocycles. The van der Waals surface area contributed by atoms with Crippen LogP contribution in [0.3, 0.4) is 0 Å². The van der Waals surface area contributed by atoms with E-state index in [1.165, 1.54) is 17.3 Å². The van der Waals surface area contributed by atoms with Crippen molar-refractivity contribution in [1.29, 1.82) is 0 Å². The fourth-order valence-corrected chi connectivity index (χ4v) is 3.44. The Bertz CT molecular complexity index is 971. The molecule has 0 spiro atoms. The summed E-state index contributed by atoms with van der Waals surface area (Å²) in [4.78, 5) is 12.3. The third-order valence-electron chi connectivity index (χ3n) is 4.30. The highest BCUT2D eigenvalue weighted by Crippen LogP contribution is 2.23. The first-order valence-corrected chi connectivity index (χ1v) is 10.2. The number of halogens is 1. The lowest BCUT2D eigenvalue weighted by atomic mass is 10.2. The molecule has 0 radical (unpaired) electrons.